The quantitative estimate of drug-likeness (QED) is 0.841. The molecule has 1 N–H and O–H groups in total. The second-order valence-corrected chi connectivity index (χ2v) is 7.73. The van der Waals surface area contributed by atoms with Gasteiger partial charge in [-0.3, -0.25) is 0 Å². The van der Waals surface area contributed by atoms with Crippen molar-refractivity contribution in [2.75, 3.05) is 20.1 Å². The van der Waals surface area contributed by atoms with E-state index in [4.69, 9.17) is 0 Å². The Morgan fingerprint density at radius 2 is 2.15 bits per heavy atom. The number of benzene rings is 1. The van der Waals surface area contributed by atoms with Gasteiger partial charge in [-0.1, -0.05) is 17.7 Å². The number of nitrogens with zero attached hydrogens (tertiary/aromatic N) is 1. The minimum Gasteiger partial charge on any atom is -0.316 e. The molecule has 1 aliphatic heterocycles. The monoisotopic (exact) mass is 358 g/mol. The van der Waals surface area contributed by atoms with Crippen molar-refractivity contribution in [2.45, 2.75) is 24.8 Å². The third kappa shape index (κ3) is 3.31. The van der Waals surface area contributed by atoms with Gasteiger partial charge >= 0.3 is 0 Å². The van der Waals surface area contributed by atoms with Gasteiger partial charge in [0.25, 0.3) is 0 Å². The predicted octanol–water partition coefficient (Wildman–Crippen LogP) is 2.51. The lowest BCUT2D eigenvalue weighted by Gasteiger charge is -2.26. The lowest BCUT2D eigenvalue weighted by atomic mass is 10.2. The highest BCUT2D eigenvalue weighted by Gasteiger charge is 2.27. The lowest BCUT2D eigenvalue weighted by Crippen LogP contribution is -2.35. The summed E-state index contributed by atoms with van der Waals surface area (Å²) in [5.41, 5.74) is 2.15. The molecular formula is C14H19BrN2O2S. The van der Waals surface area contributed by atoms with Gasteiger partial charge in [0.1, 0.15) is 0 Å². The van der Waals surface area contributed by atoms with E-state index in [0.29, 0.717) is 29.0 Å². The summed E-state index contributed by atoms with van der Waals surface area (Å²) in [6.45, 7) is 3.70. The van der Waals surface area contributed by atoms with Crippen LogP contribution < -0.4 is 5.32 Å². The first kappa shape index (κ1) is 15.7. The molecule has 0 saturated heterocycles. The number of hydrogen-bond acceptors (Lipinski definition) is 3. The van der Waals surface area contributed by atoms with Crippen LogP contribution in [0, 0.1) is 0 Å². The van der Waals surface area contributed by atoms with Crippen LogP contribution in [0.25, 0.3) is 0 Å². The highest BCUT2D eigenvalue weighted by Crippen LogP contribution is 2.28. The second-order valence-electron chi connectivity index (χ2n) is 4.97. The Morgan fingerprint density at radius 3 is 2.75 bits per heavy atom. The first-order chi connectivity index (χ1) is 9.45. The fraction of sp³-hybridized carbons (Fsp3) is 0.429. The molecule has 0 atom stereocenters. The molecule has 1 aromatic carbocycles. The molecule has 0 fully saturated rings. The smallest absolute Gasteiger partial charge is 0.244 e. The third-order valence-electron chi connectivity index (χ3n) is 3.29. The van der Waals surface area contributed by atoms with Crippen LogP contribution in [-0.4, -0.2) is 32.9 Å². The Hall–Kier alpha value is -0.690. The van der Waals surface area contributed by atoms with Crippen LogP contribution >= 0.6 is 15.9 Å². The molecule has 0 unspecified atom stereocenters. The van der Waals surface area contributed by atoms with Crippen molar-refractivity contribution < 1.29 is 8.42 Å². The molecule has 1 heterocycles. The highest BCUT2D eigenvalue weighted by atomic mass is 79.9. The third-order valence-corrected chi connectivity index (χ3v) is 6.11. The van der Waals surface area contributed by atoms with Crippen LogP contribution in [0.1, 0.15) is 18.9 Å². The molecule has 0 bridgehead atoms. The van der Waals surface area contributed by atoms with Crippen LogP contribution in [0.5, 0.6) is 0 Å². The van der Waals surface area contributed by atoms with E-state index in [9.17, 15) is 8.42 Å². The second kappa shape index (κ2) is 6.39. The lowest BCUT2D eigenvalue weighted by molar-refractivity contribution is 0.427. The molecule has 6 heteroatoms. The summed E-state index contributed by atoms with van der Waals surface area (Å²) in [5.74, 6) is 0. The molecule has 1 aromatic rings. The molecule has 2 rings (SSSR count). The average molecular weight is 359 g/mol. The van der Waals surface area contributed by atoms with E-state index in [0.717, 1.165) is 17.6 Å². The van der Waals surface area contributed by atoms with E-state index in [1.54, 1.807) is 10.4 Å². The zero-order valence-corrected chi connectivity index (χ0v) is 14.1. The van der Waals surface area contributed by atoms with E-state index >= 15 is 0 Å². The summed E-state index contributed by atoms with van der Waals surface area (Å²) in [5, 5.41) is 3.05. The summed E-state index contributed by atoms with van der Waals surface area (Å²) in [6.07, 6.45) is 2.87. The van der Waals surface area contributed by atoms with Crippen LogP contribution in [-0.2, 0) is 16.6 Å². The van der Waals surface area contributed by atoms with Gasteiger partial charge in [0, 0.05) is 24.1 Å². The Balaban J connectivity index is 2.32. The first-order valence-electron chi connectivity index (χ1n) is 6.54. The number of rotatable bonds is 4. The van der Waals surface area contributed by atoms with Gasteiger partial charge in [-0.15, -0.1) is 0 Å². The van der Waals surface area contributed by atoms with Crippen LogP contribution in [0.2, 0.25) is 0 Å². The van der Waals surface area contributed by atoms with Crippen molar-refractivity contribution in [2.24, 2.45) is 0 Å². The molecule has 110 valence electrons. The molecule has 0 saturated carbocycles. The van der Waals surface area contributed by atoms with Gasteiger partial charge in [0.15, 0.2) is 0 Å². The Morgan fingerprint density at radius 1 is 1.40 bits per heavy atom. The number of sulfonamides is 1. The van der Waals surface area contributed by atoms with Crippen molar-refractivity contribution in [3.05, 3.63) is 39.9 Å². The number of halogens is 1. The summed E-state index contributed by atoms with van der Waals surface area (Å²) in [6, 6.07) is 5.39. The summed E-state index contributed by atoms with van der Waals surface area (Å²) >= 11 is 3.39. The van der Waals surface area contributed by atoms with Gasteiger partial charge in [-0.05, 0) is 54.0 Å². The van der Waals surface area contributed by atoms with Gasteiger partial charge in [0.2, 0.25) is 10.0 Å². The Kier molecular flexibility index (Phi) is 5.01. The van der Waals surface area contributed by atoms with Crippen molar-refractivity contribution in [3.63, 3.8) is 0 Å². The van der Waals surface area contributed by atoms with E-state index in [1.807, 2.05) is 26.1 Å². The Bertz CT molecular complexity index is 626. The maximum Gasteiger partial charge on any atom is 0.244 e. The summed E-state index contributed by atoms with van der Waals surface area (Å²) in [4.78, 5) is 0.340. The first-order valence-corrected chi connectivity index (χ1v) is 8.77. The normalized spacial score (nSPS) is 17.1. The fourth-order valence-electron chi connectivity index (χ4n) is 2.29. The van der Waals surface area contributed by atoms with Gasteiger partial charge in [-0.25, -0.2) is 8.42 Å². The Labute approximate surface area is 129 Å². The van der Waals surface area contributed by atoms with Crippen LogP contribution in [0.4, 0.5) is 0 Å². The molecule has 0 spiro atoms. The zero-order valence-electron chi connectivity index (χ0n) is 11.7. The van der Waals surface area contributed by atoms with Crippen molar-refractivity contribution in [3.8, 4) is 0 Å². The maximum absolute atomic E-state index is 12.7. The van der Waals surface area contributed by atoms with E-state index in [2.05, 4.69) is 27.3 Å². The fourth-order valence-corrected chi connectivity index (χ4v) is 4.87. The van der Waals surface area contributed by atoms with E-state index in [-0.39, 0.29) is 0 Å². The highest BCUT2D eigenvalue weighted by molar-refractivity contribution is 9.10. The standard InChI is InChI=1S/C14H19BrN2O2S/c1-11-4-3-7-17(10-11)20(18,19)14-6-5-12(9-16-2)8-13(14)15/h4-6,8,16H,3,7,9-10H2,1-2H3. The van der Waals surface area contributed by atoms with Gasteiger partial charge in [-0.2, -0.15) is 4.31 Å². The molecular weight excluding hydrogens is 340 g/mol. The maximum atomic E-state index is 12.7. The predicted molar refractivity (Wildman–Crippen MR) is 84.0 cm³/mol. The summed E-state index contributed by atoms with van der Waals surface area (Å²) < 4.78 is 27.5. The SMILES string of the molecule is CNCc1ccc(S(=O)(=O)N2CCC=C(C)C2)c(Br)c1. The number of nitrogens with one attached hydrogen (secondary N) is 1. The van der Waals surface area contributed by atoms with Crippen molar-refractivity contribution in [1.82, 2.24) is 9.62 Å². The van der Waals surface area contributed by atoms with Gasteiger partial charge < -0.3 is 5.32 Å². The molecule has 4 nitrogen and oxygen atoms in total. The molecule has 0 radical (unpaired) electrons. The number of hydrogen-bond donors (Lipinski definition) is 1. The van der Waals surface area contributed by atoms with Crippen molar-refractivity contribution in [1.29, 1.82) is 0 Å². The summed E-state index contributed by atoms with van der Waals surface area (Å²) in [7, 11) is -1.57. The topological polar surface area (TPSA) is 49.4 Å². The van der Waals surface area contributed by atoms with E-state index < -0.39 is 10.0 Å². The van der Waals surface area contributed by atoms with Gasteiger partial charge in [0.05, 0.1) is 4.90 Å². The molecule has 1 aliphatic rings. The van der Waals surface area contributed by atoms with Crippen LogP contribution in [0.3, 0.4) is 0 Å². The average Bonchev–Trinajstić information content (AvgIpc) is 2.39. The molecule has 20 heavy (non-hydrogen) atoms. The zero-order chi connectivity index (χ0) is 14.8. The molecule has 0 aromatic heterocycles. The van der Waals surface area contributed by atoms with Crippen molar-refractivity contribution >= 4 is 26.0 Å². The minimum absolute atomic E-state index is 0.340. The molecule has 0 amide bonds. The minimum atomic E-state index is -3.43. The van der Waals surface area contributed by atoms with Crippen LogP contribution in [0.15, 0.2) is 39.2 Å². The van der Waals surface area contributed by atoms with E-state index in [1.165, 1.54) is 0 Å². The molecule has 0 aliphatic carbocycles. The largest absolute Gasteiger partial charge is 0.316 e.